The van der Waals surface area contributed by atoms with Crippen molar-refractivity contribution in [1.29, 1.82) is 0 Å². The van der Waals surface area contributed by atoms with Gasteiger partial charge < -0.3 is 20.3 Å². The molecule has 0 heterocycles. The minimum Gasteiger partial charge on any atom is -0.445 e. The van der Waals surface area contributed by atoms with E-state index in [2.05, 4.69) is 10.6 Å². The normalized spacial score (nSPS) is 19.9. The van der Waals surface area contributed by atoms with Gasteiger partial charge in [0.1, 0.15) is 6.61 Å². The van der Waals surface area contributed by atoms with Crippen LogP contribution in [0.4, 0.5) is 4.79 Å². The van der Waals surface area contributed by atoms with E-state index in [1.54, 1.807) is 19.0 Å². The molecule has 22 heavy (non-hydrogen) atoms. The average molecular weight is 305 g/mol. The molecule has 120 valence electrons. The summed E-state index contributed by atoms with van der Waals surface area (Å²) in [5.41, 5.74) is 0.966. The first-order valence-corrected chi connectivity index (χ1v) is 7.45. The van der Waals surface area contributed by atoms with Crippen molar-refractivity contribution in [2.75, 3.05) is 20.6 Å². The van der Waals surface area contributed by atoms with E-state index >= 15 is 0 Å². The molecule has 0 saturated heterocycles. The fourth-order valence-corrected chi connectivity index (χ4v) is 2.22. The molecule has 0 aliphatic heterocycles. The van der Waals surface area contributed by atoms with Crippen LogP contribution >= 0.6 is 0 Å². The molecule has 0 radical (unpaired) electrons. The summed E-state index contributed by atoms with van der Waals surface area (Å²) in [6.07, 6.45) is 1.25. The highest BCUT2D eigenvalue weighted by Gasteiger charge is 2.30. The van der Waals surface area contributed by atoms with E-state index in [9.17, 15) is 9.59 Å². The molecule has 0 unspecified atom stereocenters. The van der Waals surface area contributed by atoms with Crippen LogP contribution in [0, 0.1) is 0 Å². The maximum absolute atomic E-state index is 11.7. The first-order chi connectivity index (χ1) is 10.5. The second-order valence-electron chi connectivity index (χ2n) is 5.74. The lowest BCUT2D eigenvalue weighted by molar-refractivity contribution is -0.128. The summed E-state index contributed by atoms with van der Waals surface area (Å²) in [6, 6.07) is 9.98. The second kappa shape index (κ2) is 7.79. The average Bonchev–Trinajstić information content (AvgIpc) is 2.47. The van der Waals surface area contributed by atoms with Crippen LogP contribution in [0.25, 0.3) is 0 Å². The van der Waals surface area contributed by atoms with Gasteiger partial charge >= 0.3 is 6.09 Å². The quantitative estimate of drug-likeness (QED) is 0.826. The number of benzene rings is 1. The number of amides is 2. The molecule has 2 rings (SSSR count). The van der Waals surface area contributed by atoms with Gasteiger partial charge in [0.05, 0.1) is 6.54 Å². The van der Waals surface area contributed by atoms with E-state index in [0.29, 0.717) is 6.54 Å². The third-order valence-corrected chi connectivity index (χ3v) is 3.71. The predicted molar refractivity (Wildman–Crippen MR) is 83.3 cm³/mol. The van der Waals surface area contributed by atoms with Gasteiger partial charge in [-0.1, -0.05) is 30.3 Å². The summed E-state index contributed by atoms with van der Waals surface area (Å²) in [7, 11) is 3.47. The molecule has 1 saturated carbocycles. The van der Waals surface area contributed by atoms with Crippen molar-refractivity contribution < 1.29 is 14.3 Å². The third-order valence-electron chi connectivity index (χ3n) is 3.71. The minimum absolute atomic E-state index is 0.0543. The van der Waals surface area contributed by atoms with E-state index in [0.717, 1.165) is 18.4 Å². The highest BCUT2D eigenvalue weighted by atomic mass is 16.5. The first kappa shape index (κ1) is 16.3. The van der Waals surface area contributed by atoms with E-state index in [4.69, 9.17) is 4.74 Å². The number of nitrogens with zero attached hydrogens (tertiary/aromatic N) is 1. The molecule has 0 spiro atoms. The monoisotopic (exact) mass is 305 g/mol. The number of likely N-dealkylation sites (N-methyl/N-ethyl adjacent to an activating group) is 1. The molecule has 0 aromatic heterocycles. The maximum atomic E-state index is 11.7. The van der Waals surface area contributed by atoms with Gasteiger partial charge in [0, 0.05) is 26.2 Å². The highest BCUT2D eigenvalue weighted by Crippen LogP contribution is 2.19. The Morgan fingerprint density at radius 3 is 2.50 bits per heavy atom. The summed E-state index contributed by atoms with van der Waals surface area (Å²) in [6.45, 7) is 0.612. The van der Waals surface area contributed by atoms with E-state index in [1.807, 2.05) is 30.3 Å². The van der Waals surface area contributed by atoms with Crippen LogP contribution in [-0.4, -0.2) is 49.6 Å². The number of carbonyl (C=O) groups excluding carboxylic acids is 2. The van der Waals surface area contributed by atoms with Crippen LogP contribution in [-0.2, 0) is 16.1 Å². The van der Waals surface area contributed by atoms with Crippen LogP contribution in [0.1, 0.15) is 18.4 Å². The van der Waals surface area contributed by atoms with Crippen molar-refractivity contribution in [2.45, 2.75) is 31.5 Å². The van der Waals surface area contributed by atoms with E-state index < -0.39 is 6.09 Å². The molecule has 6 heteroatoms. The fraction of sp³-hybridized carbons (Fsp3) is 0.500. The maximum Gasteiger partial charge on any atom is 0.407 e. The zero-order valence-electron chi connectivity index (χ0n) is 13.0. The van der Waals surface area contributed by atoms with Crippen molar-refractivity contribution in [3.05, 3.63) is 35.9 Å². The number of alkyl carbamates (subject to hydrolysis) is 1. The Morgan fingerprint density at radius 1 is 1.18 bits per heavy atom. The van der Waals surface area contributed by atoms with Crippen molar-refractivity contribution >= 4 is 12.0 Å². The van der Waals surface area contributed by atoms with Crippen molar-refractivity contribution in [3.8, 4) is 0 Å². The van der Waals surface area contributed by atoms with Gasteiger partial charge in [0.25, 0.3) is 0 Å². The lowest BCUT2D eigenvalue weighted by Gasteiger charge is -2.36. The van der Waals surface area contributed by atoms with Gasteiger partial charge in [-0.3, -0.25) is 4.79 Å². The standard InChI is InChI=1S/C16H23N3O3/c1-19(2)15(20)10-17-13-8-14(9-13)18-16(21)22-11-12-6-4-3-5-7-12/h3-7,13-14,17H,8-11H2,1-2H3,(H,18,21). The third kappa shape index (κ3) is 5.04. The van der Waals surface area contributed by atoms with Gasteiger partial charge in [-0.2, -0.15) is 0 Å². The van der Waals surface area contributed by atoms with E-state index in [-0.39, 0.29) is 24.6 Å². The largest absolute Gasteiger partial charge is 0.445 e. The number of carbonyl (C=O) groups is 2. The number of nitrogens with one attached hydrogen (secondary N) is 2. The van der Waals surface area contributed by atoms with Crippen LogP contribution in [0.3, 0.4) is 0 Å². The molecule has 1 aromatic rings. The van der Waals surface area contributed by atoms with Crippen LogP contribution in [0.5, 0.6) is 0 Å². The molecule has 2 amide bonds. The Kier molecular flexibility index (Phi) is 5.77. The summed E-state index contributed by atoms with van der Waals surface area (Å²) in [5.74, 6) is 0.0543. The lowest BCUT2D eigenvalue weighted by Crippen LogP contribution is -2.53. The van der Waals surface area contributed by atoms with Gasteiger partial charge in [0.15, 0.2) is 0 Å². The topological polar surface area (TPSA) is 70.7 Å². The molecule has 1 aliphatic carbocycles. The first-order valence-electron chi connectivity index (χ1n) is 7.45. The van der Waals surface area contributed by atoms with E-state index in [1.165, 1.54) is 0 Å². The molecule has 1 aromatic carbocycles. The van der Waals surface area contributed by atoms with Crippen molar-refractivity contribution in [1.82, 2.24) is 15.5 Å². The molecule has 0 bridgehead atoms. The molecular weight excluding hydrogens is 282 g/mol. The van der Waals surface area contributed by atoms with Crippen LogP contribution < -0.4 is 10.6 Å². The van der Waals surface area contributed by atoms with Gasteiger partial charge in [0.2, 0.25) is 5.91 Å². The van der Waals surface area contributed by atoms with Crippen LogP contribution in [0.15, 0.2) is 30.3 Å². The zero-order valence-corrected chi connectivity index (χ0v) is 13.0. The highest BCUT2D eigenvalue weighted by molar-refractivity contribution is 5.77. The predicted octanol–water partition coefficient (Wildman–Crippen LogP) is 1.12. The smallest absolute Gasteiger partial charge is 0.407 e. The van der Waals surface area contributed by atoms with Gasteiger partial charge in [-0.05, 0) is 18.4 Å². The Labute approximate surface area is 130 Å². The molecule has 6 nitrogen and oxygen atoms in total. The molecule has 2 N–H and O–H groups in total. The second-order valence-corrected chi connectivity index (χ2v) is 5.74. The fourth-order valence-electron chi connectivity index (χ4n) is 2.22. The molecular formula is C16H23N3O3. The lowest BCUT2D eigenvalue weighted by atomic mass is 9.87. The van der Waals surface area contributed by atoms with Gasteiger partial charge in [-0.15, -0.1) is 0 Å². The number of hydrogen-bond donors (Lipinski definition) is 2. The summed E-state index contributed by atoms with van der Waals surface area (Å²) < 4.78 is 5.17. The van der Waals surface area contributed by atoms with Crippen molar-refractivity contribution in [2.24, 2.45) is 0 Å². The summed E-state index contributed by atoms with van der Waals surface area (Å²) in [5, 5.41) is 6.01. The number of ether oxygens (including phenoxy) is 1. The van der Waals surface area contributed by atoms with Crippen molar-refractivity contribution in [3.63, 3.8) is 0 Å². The van der Waals surface area contributed by atoms with Crippen LogP contribution in [0.2, 0.25) is 0 Å². The number of hydrogen-bond acceptors (Lipinski definition) is 4. The SMILES string of the molecule is CN(C)C(=O)CNC1CC(NC(=O)OCc2ccccc2)C1. The van der Waals surface area contributed by atoms with Gasteiger partial charge in [-0.25, -0.2) is 4.79 Å². The Bertz CT molecular complexity index is 499. The Hall–Kier alpha value is -2.08. The number of rotatable bonds is 6. The molecule has 1 fully saturated rings. The zero-order chi connectivity index (χ0) is 15.9. The summed E-state index contributed by atoms with van der Waals surface area (Å²) >= 11 is 0. The summed E-state index contributed by atoms with van der Waals surface area (Å²) in [4.78, 5) is 24.7. The molecule has 1 aliphatic rings. The minimum atomic E-state index is -0.392. The Balaban J connectivity index is 1.57. The Morgan fingerprint density at radius 2 is 1.86 bits per heavy atom. The molecule has 0 atom stereocenters.